The Kier molecular flexibility index (Phi) is 17.0. The first-order chi connectivity index (χ1) is 18.4. The zero-order valence-corrected chi connectivity index (χ0v) is 24.2. The molecule has 0 atom stereocenters. The maximum Gasteiger partial charge on any atom is 0.216 e. The lowest BCUT2D eigenvalue weighted by molar-refractivity contribution is -0.118. The third-order valence-corrected chi connectivity index (χ3v) is 6.15. The highest BCUT2D eigenvalue weighted by Crippen LogP contribution is 2.32. The van der Waals surface area contributed by atoms with Crippen molar-refractivity contribution < 1.29 is 9.59 Å². The van der Waals surface area contributed by atoms with Gasteiger partial charge >= 0.3 is 0 Å². The van der Waals surface area contributed by atoms with Gasteiger partial charge in [0.2, 0.25) is 5.91 Å². The predicted molar refractivity (Wildman–Crippen MR) is 159 cm³/mol. The first-order valence-electron chi connectivity index (χ1n) is 13.9. The summed E-state index contributed by atoms with van der Waals surface area (Å²) in [6.07, 6.45) is 7.81. The number of nitrogens with one attached hydrogen (secondary N) is 1. The molecule has 0 radical (unpaired) electrons. The molecule has 5 heteroatoms. The van der Waals surface area contributed by atoms with E-state index in [1.807, 2.05) is 6.92 Å². The van der Waals surface area contributed by atoms with Crippen molar-refractivity contribution >= 4 is 11.7 Å². The van der Waals surface area contributed by atoms with Crippen molar-refractivity contribution in [2.45, 2.75) is 79.3 Å². The number of amides is 1. The van der Waals surface area contributed by atoms with E-state index in [4.69, 9.17) is 0 Å². The van der Waals surface area contributed by atoms with Crippen molar-refractivity contribution in [3.05, 3.63) is 102 Å². The molecule has 0 fully saturated rings. The number of hydrogen-bond acceptors (Lipinski definition) is 4. The summed E-state index contributed by atoms with van der Waals surface area (Å²) in [5, 5.41) is 2.66. The van der Waals surface area contributed by atoms with Crippen molar-refractivity contribution in [1.29, 1.82) is 0 Å². The zero-order valence-electron chi connectivity index (χ0n) is 24.2. The summed E-state index contributed by atoms with van der Waals surface area (Å²) in [5.74, 6) is 0.116. The Morgan fingerprint density at radius 1 is 0.789 bits per heavy atom. The lowest BCUT2D eigenvalue weighted by atomic mass is 9.94. The molecule has 38 heavy (non-hydrogen) atoms. The minimum absolute atomic E-state index is 0.0573. The maximum atomic E-state index is 10.6. The second-order valence-corrected chi connectivity index (χ2v) is 9.21. The number of benzene rings is 2. The lowest BCUT2D eigenvalue weighted by Gasteiger charge is -2.38. The van der Waals surface area contributed by atoms with Crippen molar-refractivity contribution in [2.75, 3.05) is 13.1 Å². The van der Waals surface area contributed by atoms with Gasteiger partial charge in [-0.05, 0) is 62.4 Å². The molecule has 1 amide bonds. The van der Waals surface area contributed by atoms with Crippen LogP contribution in [0, 0.1) is 0 Å². The van der Waals surface area contributed by atoms with Gasteiger partial charge in [-0.2, -0.15) is 0 Å². The van der Waals surface area contributed by atoms with E-state index in [1.165, 1.54) is 44.2 Å². The Bertz CT molecular complexity index is 967. The summed E-state index contributed by atoms with van der Waals surface area (Å²) < 4.78 is 0. The number of nitrogens with zero attached hydrogens (tertiary/aromatic N) is 2. The smallest absolute Gasteiger partial charge is 0.216 e. The summed E-state index contributed by atoms with van der Waals surface area (Å²) in [5.41, 5.74) is 3.46. The molecule has 0 spiro atoms. The molecule has 1 heterocycles. The fourth-order valence-electron chi connectivity index (χ4n) is 4.26. The number of aromatic nitrogens is 1. The van der Waals surface area contributed by atoms with Crippen LogP contribution in [0.15, 0.2) is 85.2 Å². The van der Waals surface area contributed by atoms with Gasteiger partial charge in [0.05, 0.1) is 6.04 Å². The van der Waals surface area contributed by atoms with Gasteiger partial charge in [0.15, 0.2) is 5.78 Å². The number of rotatable bonds is 11. The topological polar surface area (TPSA) is 62.3 Å². The van der Waals surface area contributed by atoms with Crippen LogP contribution in [-0.2, 0) is 4.79 Å². The molecule has 1 N–H and O–H groups in total. The van der Waals surface area contributed by atoms with E-state index in [0.717, 1.165) is 19.5 Å². The summed E-state index contributed by atoms with van der Waals surface area (Å²) in [6.45, 7) is 13.9. The highest BCUT2D eigenvalue weighted by molar-refractivity contribution is 5.93. The van der Waals surface area contributed by atoms with Crippen LogP contribution in [0.1, 0.15) is 94.8 Å². The van der Waals surface area contributed by atoms with Crippen molar-refractivity contribution in [3.8, 4) is 0 Å². The molecular formula is C33H47N3O2. The van der Waals surface area contributed by atoms with E-state index in [9.17, 15) is 9.59 Å². The van der Waals surface area contributed by atoms with E-state index < -0.39 is 0 Å². The van der Waals surface area contributed by atoms with Gasteiger partial charge in [-0.25, -0.2) is 0 Å². The summed E-state index contributed by atoms with van der Waals surface area (Å²) >= 11 is 0. The van der Waals surface area contributed by atoms with Crippen LogP contribution in [0.2, 0.25) is 0 Å². The fraction of sp³-hybridized carbons (Fsp3) is 0.424. The number of pyridine rings is 1. The Labute approximate surface area is 230 Å². The molecule has 206 valence electrons. The van der Waals surface area contributed by atoms with Gasteiger partial charge in [0.1, 0.15) is 0 Å². The number of Topliss-reactive ketones (excluding diaryl/α,β-unsaturated/α-hetero) is 1. The highest BCUT2D eigenvalue weighted by Gasteiger charge is 2.26. The molecule has 0 unspecified atom stereocenters. The van der Waals surface area contributed by atoms with E-state index in [0.29, 0.717) is 17.6 Å². The van der Waals surface area contributed by atoms with Gasteiger partial charge in [0, 0.05) is 37.5 Å². The number of carbonyl (C=O) groups excluding carboxylic acids is 2. The quantitative estimate of drug-likeness (QED) is 0.268. The van der Waals surface area contributed by atoms with Crippen LogP contribution in [0.3, 0.4) is 0 Å². The molecule has 0 aliphatic heterocycles. The predicted octanol–water partition coefficient (Wildman–Crippen LogP) is 7.49. The SMILES string of the molecule is CC(=O)c1cccnc1.CCCN(C(CC)CC)C(c1ccccc1)c1ccccc1.CCCNC(C)=O. The standard InChI is InChI=1S/C21H29N.C7H7NO.C5H11NO/c1-4-17-22(20(5-2)6-3)21(18-13-9-7-10-14-18)19-15-11-8-12-16-19;1-6(9)7-3-2-4-8-5-7;1-3-4-6-5(2)7/h7-16,20-21H,4-6,17H2,1-3H3;2-5H,1H3;3-4H2,1-2H3,(H,6,7). The van der Waals surface area contributed by atoms with Gasteiger partial charge in [0.25, 0.3) is 0 Å². The molecule has 1 aromatic heterocycles. The van der Waals surface area contributed by atoms with E-state index in [1.54, 1.807) is 24.5 Å². The van der Waals surface area contributed by atoms with E-state index >= 15 is 0 Å². The van der Waals surface area contributed by atoms with Crippen LogP contribution in [0.4, 0.5) is 0 Å². The average Bonchev–Trinajstić information content (AvgIpc) is 2.95. The molecule has 5 nitrogen and oxygen atoms in total. The highest BCUT2D eigenvalue weighted by atomic mass is 16.1. The normalized spacial score (nSPS) is 10.3. The van der Waals surface area contributed by atoms with Crippen LogP contribution in [0.25, 0.3) is 0 Å². The first-order valence-corrected chi connectivity index (χ1v) is 13.9. The molecule has 2 aromatic carbocycles. The molecule has 3 aromatic rings. The summed E-state index contributed by atoms with van der Waals surface area (Å²) in [7, 11) is 0. The minimum atomic E-state index is 0.0573. The monoisotopic (exact) mass is 517 g/mol. The second-order valence-electron chi connectivity index (χ2n) is 9.21. The largest absolute Gasteiger partial charge is 0.356 e. The second kappa shape index (κ2) is 19.8. The summed E-state index contributed by atoms with van der Waals surface area (Å²) in [4.78, 5) is 27.2. The average molecular weight is 518 g/mol. The van der Waals surface area contributed by atoms with Crippen LogP contribution in [-0.4, -0.2) is 40.7 Å². The first kappa shape index (κ1) is 32.7. The van der Waals surface area contributed by atoms with Crippen LogP contribution < -0.4 is 5.32 Å². The van der Waals surface area contributed by atoms with E-state index in [-0.39, 0.29) is 11.7 Å². The molecule has 0 bridgehead atoms. The maximum absolute atomic E-state index is 10.6. The molecule has 3 rings (SSSR count). The van der Waals surface area contributed by atoms with Gasteiger partial charge in [-0.3, -0.25) is 19.5 Å². The number of hydrogen-bond donors (Lipinski definition) is 1. The Hall–Kier alpha value is -3.31. The zero-order chi connectivity index (χ0) is 28.2. The molecule has 0 aliphatic carbocycles. The Morgan fingerprint density at radius 2 is 1.34 bits per heavy atom. The van der Waals surface area contributed by atoms with Crippen molar-refractivity contribution in [3.63, 3.8) is 0 Å². The van der Waals surface area contributed by atoms with Crippen LogP contribution in [0.5, 0.6) is 0 Å². The number of carbonyl (C=O) groups is 2. The Balaban J connectivity index is 0.000000369. The Morgan fingerprint density at radius 3 is 1.66 bits per heavy atom. The number of ketones is 1. The summed E-state index contributed by atoms with van der Waals surface area (Å²) in [6, 6.07) is 26.4. The van der Waals surface area contributed by atoms with Gasteiger partial charge in [-0.15, -0.1) is 0 Å². The lowest BCUT2D eigenvalue weighted by Crippen LogP contribution is -2.39. The molecular weight excluding hydrogens is 470 g/mol. The van der Waals surface area contributed by atoms with Gasteiger partial charge < -0.3 is 5.32 Å². The fourth-order valence-corrected chi connectivity index (χ4v) is 4.26. The third kappa shape index (κ3) is 12.3. The van der Waals surface area contributed by atoms with E-state index in [2.05, 4.69) is 96.6 Å². The minimum Gasteiger partial charge on any atom is -0.356 e. The van der Waals surface area contributed by atoms with Gasteiger partial charge in [-0.1, -0.05) is 88.4 Å². The van der Waals surface area contributed by atoms with Crippen molar-refractivity contribution in [1.82, 2.24) is 15.2 Å². The van der Waals surface area contributed by atoms with Crippen LogP contribution >= 0.6 is 0 Å². The molecule has 0 aliphatic rings. The molecule has 0 saturated heterocycles. The molecule has 0 saturated carbocycles. The van der Waals surface area contributed by atoms with Crippen molar-refractivity contribution in [2.24, 2.45) is 0 Å². The third-order valence-electron chi connectivity index (χ3n) is 6.15.